The zero-order chi connectivity index (χ0) is 36.9. The zero-order valence-electron chi connectivity index (χ0n) is 30.2. The Morgan fingerprint density at radius 2 is 1.73 bits per heavy atom. The molecule has 8 atom stereocenters. The van der Waals surface area contributed by atoms with Gasteiger partial charge in [0.2, 0.25) is 11.8 Å². The molecular formula is C40H52N4O7. The molecule has 0 aromatic heterocycles. The van der Waals surface area contributed by atoms with Crippen molar-refractivity contribution in [2.24, 2.45) is 11.8 Å². The number of ether oxygens (including phenoxy) is 2. The zero-order valence-corrected chi connectivity index (χ0v) is 30.2. The molecule has 3 amide bonds. The van der Waals surface area contributed by atoms with Crippen LogP contribution in [0, 0.1) is 11.8 Å². The van der Waals surface area contributed by atoms with Crippen molar-refractivity contribution in [2.75, 3.05) is 36.0 Å². The van der Waals surface area contributed by atoms with Crippen molar-refractivity contribution in [1.82, 2.24) is 10.2 Å². The lowest BCUT2D eigenvalue weighted by atomic mass is 9.70. The number of aliphatic hydroxyl groups is 1. The molecule has 0 saturated carbocycles. The van der Waals surface area contributed by atoms with Crippen LogP contribution >= 0.6 is 0 Å². The van der Waals surface area contributed by atoms with Crippen LogP contribution in [-0.4, -0.2) is 89.8 Å². The number of carbonyl (C=O) groups is 4. The Labute approximate surface area is 301 Å². The Hall–Kier alpha value is -4.48. The van der Waals surface area contributed by atoms with Crippen LogP contribution in [0.5, 0.6) is 0 Å². The van der Waals surface area contributed by atoms with E-state index in [-0.39, 0.29) is 31.4 Å². The van der Waals surface area contributed by atoms with E-state index in [1.54, 1.807) is 30.9 Å². The van der Waals surface area contributed by atoms with Gasteiger partial charge in [0.15, 0.2) is 0 Å². The second-order valence-electron chi connectivity index (χ2n) is 13.7. The first kappa shape index (κ1) is 37.8. The highest BCUT2D eigenvalue weighted by Gasteiger charge is 2.75. The molecule has 3 aliphatic heterocycles. The van der Waals surface area contributed by atoms with Crippen molar-refractivity contribution in [2.45, 2.75) is 89.3 Å². The fourth-order valence-corrected chi connectivity index (χ4v) is 8.17. The van der Waals surface area contributed by atoms with Crippen molar-refractivity contribution in [1.29, 1.82) is 0 Å². The fraction of sp³-hybridized carbons (Fsp3) is 0.500. The number of hydrogen-bond donors (Lipinski definition) is 2. The maximum absolute atomic E-state index is 14.8. The first-order valence-corrected chi connectivity index (χ1v) is 18.1. The minimum atomic E-state index is -1.29. The second kappa shape index (κ2) is 16.2. The summed E-state index contributed by atoms with van der Waals surface area (Å²) in [6, 6.07) is 14.5. The van der Waals surface area contributed by atoms with E-state index in [1.165, 1.54) is 4.90 Å². The number of esters is 1. The fourth-order valence-electron chi connectivity index (χ4n) is 8.17. The van der Waals surface area contributed by atoms with Gasteiger partial charge in [-0.2, -0.15) is 0 Å². The predicted molar refractivity (Wildman–Crippen MR) is 196 cm³/mol. The summed E-state index contributed by atoms with van der Waals surface area (Å²) in [5.41, 5.74) is 1.06. The number of carbonyl (C=O) groups excluding carboxylic acids is 4. The van der Waals surface area contributed by atoms with E-state index in [9.17, 15) is 24.3 Å². The van der Waals surface area contributed by atoms with Gasteiger partial charge in [0.1, 0.15) is 17.7 Å². The summed E-state index contributed by atoms with van der Waals surface area (Å²) in [6.45, 7) is 16.7. The van der Waals surface area contributed by atoms with Crippen LogP contribution in [-0.2, 0) is 28.7 Å². The number of anilines is 2. The summed E-state index contributed by atoms with van der Waals surface area (Å²) >= 11 is 0. The van der Waals surface area contributed by atoms with Gasteiger partial charge in [0.25, 0.3) is 5.91 Å². The van der Waals surface area contributed by atoms with Gasteiger partial charge in [-0.15, -0.1) is 13.2 Å². The third kappa shape index (κ3) is 7.19. The number of hydrogen-bond acceptors (Lipinski definition) is 8. The lowest BCUT2D eigenvalue weighted by Crippen LogP contribution is -2.58. The average Bonchev–Trinajstić information content (AvgIpc) is 3.79. The molecule has 0 aliphatic carbocycles. The van der Waals surface area contributed by atoms with Crippen molar-refractivity contribution >= 4 is 35.1 Å². The maximum atomic E-state index is 14.8. The largest absolute Gasteiger partial charge is 0.455 e. The normalized spacial score (nSPS) is 25.0. The molecular weight excluding hydrogens is 648 g/mol. The van der Waals surface area contributed by atoms with Gasteiger partial charge in [0.05, 0.1) is 36.6 Å². The van der Waals surface area contributed by atoms with Crippen LogP contribution in [0.1, 0.15) is 65.0 Å². The second-order valence-corrected chi connectivity index (χ2v) is 13.7. The summed E-state index contributed by atoms with van der Waals surface area (Å²) in [5.74, 6) is -3.58. The SMILES string of the molecule is C=CCCC(=O)N[C@H](C)[C@@H](OC(=O)[C@@H]1[C@@H]2CC[C@]3(O2)[C@H](C(=O)N(CC=C)c2ccc(N(CC)CC)cc2)N([C@H](C)CO)C(=O)[C@@H]13)c1ccccc1. The van der Waals surface area contributed by atoms with Crippen LogP contribution in [0.3, 0.4) is 0 Å². The lowest BCUT2D eigenvalue weighted by Gasteiger charge is -2.38. The van der Waals surface area contributed by atoms with Crippen molar-refractivity contribution in [3.05, 3.63) is 85.5 Å². The Balaban J connectivity index is 1.47. The average molecular weight is 701 g/mol. The van der Waals surface area contributed by atoms with Crippen molar-refractivity contribution in [3.63, 3.8) is 0 Å². The number of amides is 3. The van der Waals surface area contributed by atoms with Crippen molar-refractivity contribution in [3.8, 4) is 0 Å². The van der Waals surface area contributed by atoms with Gasteiger partial charge in [-0.3, -0.25) is 19.2 Å². The molecule has 1 spiro atoms. The van der Waals surface area contributed by atoms with Crippen LogP contribution in [0.2, 0.25) is 0 Å². The summed E-state index contributed by atoms with van der Waals surface area (Å²) < 4.78 is 12.9. The van der Waals surface area contributed by atoms with E-state index in [0.717, 1.165) is 18.8 Å². The van der Waals surface area contributed by atoms with Gasteiger partial charge < -0.3 is 34.6 Å². The van der Waals surface area contributed by atoms with Crippen molar-refractivity contribution < 1.29 is 33.8 Å². The third-order valence-corrected chi connectivity index (χ3v) is 10.6. The van der Waals surface area contributed by atoms with E-state index >= 15 is 0 Å². The third-order valence-electron chi connectivity index (χ3n) is 10.6. The van der Waals surface area contributed by atoms with Crippen LogP contribution in [0.15, 0.2) is 79.9 Å². The molecule has 2 aromatic carbocycles. The Kier molecular flexibility index (Phi) is 12.0. The summed E-state index contributed by atoms with van der Waals surface area (Å²) in [7, 11) is 0. The maximum Gasteiger partial charge on any atom is 0.313 e. The monoisotopic (exact) mass is 700 g/mol. The number of fused-ring (bicyclic) bond motifs is 1. The minimum absolute atomic E-state index is 0.181. The molecule has 3 heterocycles. The molecule has 274 valence electrons. The van der Waals surface area contributed by atoms with Gasteiger partial charge in [-0.05, 0) is 76.8 Å². The number of aliphatic hydroxyl groups excluding tert-OH is 1. The van der Waals surface area contributed by atoms with Gasteiger partial charge in [-0.1, -0.05) is 42.5 Å². The Morgan fingerprint density at radius 1 is 1.06 bits per heavy atom. The number of benzene rings is 2. The molecule has 0 radical (unpaired) electrons. The molecule has 11 nitrogen and oxygen atoms in total. The number of nitrogens with zero attached hydrogens (tertiary/aromatic N) is 3. The van der Waals surface area contributed by atoms with Crippen LogP contribution in [0.4, 0.5) is 11.4 Å². The Bertz CT molecular complexity index is 1580. The molecule has 5 rings (SSSR count). The first-order chi connectivity index (χ1) is 24.6. The van der Waals surface area contributed by atoms with E-state index in [0.29, 0.717) is 30.5 Å². The molecule has 2 N–H and O–H groups in total. The quantitative estimate of drug-likeness (QED) is 0.182. The number of nitrogens with one attached hydrogen (secondary N) is 1. The van der Waals surface area contributed by atoms with E-state index in [4.69, 9.17) is 9.47 Å². The lowest BCUT2D eigenvalue weighted by molar-refractivity contribution is -0.162. The number of likely N-dealkylation sites (tertiary alicyclic amines) is 1. The summed E-state index contributed by atoms with van der Waals surface area (Å²) in [4.78, 5) is 61.5. The molecule has 51 heavy (non-hydrogen) atoms. The molecule has 3 saturated heterocycles. The van der Waals surface area contributed by atoms with E-state index < -0.39 is 59.6 Å². The molecule has 0 unspecified atom stereocenters. The minimum Gasteiger partial charge on any atom is -0.455 e. The topological polar surface area (TPSA) is 129 Å². The molecule has 3 aliphatic rings. The standard InChI is InChI=1S/C40H52N4O7/c1-7-11-17-32(46)41-27(6)35(28-15-13-12-14-16-28)50-39(49)33-31-22-23-40(51-31)34(33)37(47)44(26(5)25-45)36(40)38(48)43(24-8-2)30-20-18-29(19-21-30)42(9-3)10-4/h7-8,12-16,18-21,26-27,31,33-36,45H,1-2,9-11,17,22-25H2,3-6H3,(H,41,46)/t26-,27-,31+,33-,34-,35-,36+,40-/m1/s1. The summed E-state index contributed by atoms with van der Waals surface area (Å²) in [5, 5.41) is 13.3. The first-order valence-electron chi connectivity index (χ1n) is 18.1. The summed E-state index contributed by atoms with van der Waals surface area (Å²) in [6.07, 6.45) is 3.43. The van der Waals surface area contributed by atoms with Gasteiger partial charge in [0, 0.05) is 37.4 Å². The number of rotatable bonds is 17. The smallest absolute Gasteiger partial charge is 0.313 e. The van der Waals surface area contributed by atoms with Gasteiger partial charge in [-0.25, -0.2) is 0 Å². The molecule has 2 bridgehead atoms. The molecule has 2 aromatic rings. The number of allylic oxidation sites excluding steroid dienone is 1. The molecule has 3 fully saturated rings. The highest BCUT2D eigenvalue weighted by atomic mass is 16.6. The van der Waals surface area contributed by atoms with Crippen LogP contribution in [0.25, 0.3) is 0 Å². The Morgan fingerprint density at radius 3 is 2.33 bits per heavy atom. The van der Waals surface area contributed by atoms with E-state index in [1.807, 2.05) is 54.6 Å². The highest BCUT2D eigenvalue weighted by molar-refractivity contribution is 6.05. The molecule has 11 heteroatoms. The highest BCUT2D eigenvalue weighted by Crippen LogP contribution is 2.59. The van der Waals surface area contributed by atoms with E-state index in [2.05, 4.69) is 37.2 Å². The predicted octanol–water partition coefficient (Wildman–Crippen LogP) is 4.56. The van der Waals surface area contributed by atoms with Crippen LogP contribution < -0.4 is 15.1 Å². The van der Waals surface area contributed by atoms with Gasteiger partial charge >= 0.3 is 5.97 Å².